The lowest BCUT2D eigenvalue weighted by Gasteiger charge is -2.08. The number of nitriles is 1. The van der Waals surface area contributed by atoms with E-state index in [1.54, 1.807) is 36.4 Å². The van der Waals surface area contributed by atoms with Gasteiger partial charge in [0, 0.05) is 17.7 Å². The number of nitrogens with zero attached hydrogens (tertiary/aromatic N) is 1. The van der Waals surface area contributed by atoms with Gasteiger partial charge in [-0.1, -0.05) is 55.5 Å². The second kappa shape index (κ2) is 9.74. The first-order chi connectivity index (χ1) is 11.2. The number of aldehydes is 1. The molecule has 3 N–H and O–H groups in total. The van der Waals surface area contributed by atoms with Crippen molar-refractivity contribution in [3.63, 3.8) is 0 Å². The third-order valence-electron chi connectivity index (χ3n) is 2.99. The van der Waals surface area contributed by atoms with Crippen LogP contribution in [0.5, 0.6) is 0 Å². The minimum Gasteiger partial charge on any atom is -0.397 e. The predicted octanol–water partition coefficient (Wildman–Crippen LogP) is 2.33. The quantitative estimate of drug-likeness (QED) is 0.350. The van der Waals surface area contributed by atoms with E-state index in [2.05, 4.69) is 5.32 Å². The van der Waals surface area contributed by atoms with Crippen molar-refractivity contribution in [3.05, 3.63) is 65.3 Å². The monoisotopic (exact) mass is 309 g/mol. The molecule has 1 amide bonds. The molecule has 1 aromatic carbocycles. The lowest BCUT2D eigenvalue weighted by atomic mass is 10.0. The predicted molar refractivity (Wildman–Crippen MR) is 90.1 cm³/mol. The maximum absolute atomic E-state index is 12.1. The molecule has 0 spiro atoms. The standard InChI is InChI=1S/C18H19N3O2/c1-2-3-4-5-8-11-21-18(23)16(12-19)17(20)15-10-7-6-9-14(15)13-22/h3-10,13H,2,11,20H2,1H3,(H,21,23)/b4-3-,8-5-,17-16-. The van der Waals surface area contributed by atoms with Gasteiger partial charge in [-0.15, -0.1) is 0 Å². The number of carbonyl (C=O) groups is 2. The van der Waals surface area contributed by atoms with Gasteiger partial charge >= 0.3 is 0 Å². The number of hydrogen-bond acceptors (Lipinski definition) is 4. The van der Waals surface area contributed by atoms with Crippen molar-refractivity contribution in [2.75, 3.05) is 6.54 Å². The lowest BCUT2D eigenvalue weighted by Crippen LogP contribution is -2.26. The Kier molecular flexibility index (Phi) is 7.59. The number of allylic oxidation sites excluding steroid dienone is 3. The van der Waals surface area contributed by atoms with Gasteiger partial charge in [-0.3, -0.25) is 9.59 Å². The van der Waals surface area contributed by atoms with E-state index in [0.717, 1.165) is 6.42 Å². The van der Waals surface area contributed by atoms with Crippen molar-refractivity contribution in [3.8, 4) is 6.07 Å². The molecule has 1 aromatic rings. The Balaban J connectivity index is 2.91. The van der Waals surface area contributed by atoms with Gasteiger partial charge in [0.05, 0.1) is 5.70 Å². The lowest BCUT2D eigenvalue weighted by molar-refractivity contribution is -0.116. The number of nitrogens with two attached hydrogens (primary N) is 1. The molecule has 0 saturated heterocycles. The highest BCUT2D eigenvalue weighted by atomic mass is 16.1. The number of rotatable bonds is 7. The molecule has 0 atom stereocenters. The van der Waals surface area contributed by atoms with Gasteiger partial charge in [-0.2, -0.15) is 5.26 Å². The Labute approximate surface area is 135 Å². The summed E-state index contributed by atoms with van der Waals surface area (Å²) < 4.78 is 0. The smallest absolute Gasteiger partial charge is 0.264 e. The molecule has 0 aromatic heterocycles. The zero-order valence-corrected chi connectivity index (χ0v) is 13.0. The summed E-state index contributed by atoms with van der Waals surface area (Å²) in [5.41, 5.74) is 6.38. The molecule has 0 aliphatic carbocycles. The Morgan fingerprint density at radius 3 is 2.65 bits per heavy atom. The van der Waals surface area contributed by atoms with E-state index < -0.39 is 5.91 Å². The minimum absolute atomic E-state index is 0.0115. The Bertz CT molecular complexity index is 694. The van der Waals surface area contributed by atoms with Crippen molar-refractivity contribution >= 4 is 17.9 Å². The Hall–Kier alpha value is -3.13. The largest absolute Gasteiger partial charge is 0.397 e. The molecule has 0 heterocycles. The number of carbonyl (C=O) groups excluding carboxylic acids is 2. The molecule has 0 fully saturated rings. The summed E-state index contributed by atoms with van der Waals surface area (Å²) in [5, 5.41) is 11.8. The SMILES string of the molecule is CC/C=C\C=C/CNC(=O)/C(C#N)=C(\N)c1ccccc1C=O. The fourth-order valence-electron chi connectivity index (χ4n) is 1.81. The average Bonchev–Trinajstić information content (AvgIpc) is 2.58. The summed E-state index contributed by atoms with van der Waals surface area (Å²) in [7, 11) is 0. The van der Waals surface area contributed by atoms with Crippen LogP contribution in [0.25, 0.3) is 5.70 Å². The molecule has 118 valence electrons. The van der Waals surface area contributed by atoms with Gasteiger partial charge in [0.25, 0.3) is 5.91 Å². The van der Waals surface area contributed by atoms with Gasteiger partial charge in [0.2, 0.25) is 0 Å². The highest BCUT2D eigenvalue weighted by Crippen LogP contribution is 2.17. The van der Waals surface area contributed by atoms with E-state index in [1.807, 2.05) is 25.2 Å². The average molecular weight is 309 g/mol. The zero-order valence-electron chi connectivity index (χ0n) is 13.0. The Morgan fingerprint density at radius 1 is 1.30 bits per heavy atom. The molecule has 0 unspecified atom stereocenters. The Morgan fingerprint density at radius 2 is 2.00 bits per heavy atom. The molecule has 0 bridgehead atoms. The molecule has 23 heavy (non-hydrogen) atoms. The molecule has 1 rings (SSSR count). The minimum atomic E-state index is -0.574. The summed E-state index contributed by atoms with van der Waals surface area (Å²) in [6, 6.07) is 8.34. The van der Waals surface area contributed by atoms with E-state index >= 15 is 0 Å². The van der Waals surface area contributed by atoms with Gasteiger partial charge < -0.3 is 11.1 Å². The second-order valence-corrected chi connectivity index (χ2v) is 4.58. The van der Waals surface area contributed by atoms with E-state index in [0.29, 0.717) is 17.4 Å². The summed E-state index contributed by atoms with van der Waals surface area (Å²) in [5.74, 6) is -0.574. The summed E-state index contributed by atoms with van der Waals surface area (Å²) in [6.07, 6.45) is 9.00. The third-order valence-corrected chi connectivity index (χ3v) is 2.99. The highest BCUT2D eigenvalue weighted by Gasteiger charge is 2.15. The van der Waals surface area contributed by atoms with Gasteiger partial charge in [-0.05, 0) is 6.42 Å². The summed E-state index contributed by atoms with van der Waals surface area (Å²) in [4.78, 5) is 23.1. The van der Waals surface area contributed by atoms with Crippen molar-refractivity contribution in [1.82, 2.24) is 5.32 Å². The van der Waals surface area contributed by atoms with Crippen LogP contribution in [-0.4, -0.2) is 18.7 Å². The first-order valence-corrected chi connectivity index (χ1v) is 7.20. The molecule has 0 radical (unpaired) electrons. The van der Waals surface area contributed by atoms with Crippen LogP contribution >= 0.6 is 0 Å². The molecular formula is C18H19N3O2. The number of hydrogen-bond donors (Lipinski definition) is 2. The van der Waals surface area contributed by atoms with Crippen LogP contribution in [0.1, 0.15) is 29.3 Å². The van der Waals surface area contributed by atoms with Crippen LogP contribution in [-0.2, 0) is 4.79 Å². The number of amides is 1. The summed E-state index contributed by atoms with van der Waals surface area (Å²) >= 11 is 0. The molecule has 0 aliphatic heterocycles. The van der Waals surface area contributed by atoms with Crippen LogP contribution < -0.4 is 11.1 Å². The van der Waals surface area contributed by atoms with Crippen LogP contribution in [0, 0.1) is 11.3 Å². The van der Waals surface area contributed by atoms with Gasteiger partial charge in [0.15, 0.2) is 6.29 Å². The first kappa shape index (κ1) is 17.9. The van der Waals surface area contributed by atoms with Crippen molar-refractivity contribution in [2.45, 2.75) is 13.3 Å². The molecule has 0 saturated carbocycles. The van der Waals surface area contributed by atoms with E-state index in [1.165, 1.54) is 0 Å². The number of benzene rings is 1. The van der Waals surface area contributed by atoms with Crippen molar-refractivity contribution in [1.29, 1.82) is 5.26 Å². The first-order valence-electron chi connectivity index (χ1n) is 7.20. The maximum Gasteiger partial charge on any atom is 0.264 e. The van der Waals surface area contributed by atoms with E-state index in [4.69, 9.17) is 5.73 Å². The highest BCUT2D eigenvalue weighted by molar-refractivity contribution is 6.05. The number of nitrogens with one attached hydrogen (secondary N) is 1. The fourth-order valence-corrected chi connectivity index (χ4v) is 1.81. The van der Waals surface area contributed by atoms with E-state index in [-0.39, 0.29) is 17.8 Å². The maximum atomic E-state index is 12.1. The zero-order chi connectivity index (χ0) is 17.1. The molecule has 5 heteroatoms. The van der Waals surface area contributed by atoms with E-state index in [9.17, 15) is 14.9 Å². The third kappa shape index (κ3) is 5.29. The molecular weight excluding hydrogens is 290 g/mol. The normalized spacial score (nSPS) is 12.0. The van der Waals surface area contributed by atoms with Crippen LogP contribution in [0.15, 0.2) is 54.1 Å². The molecule has 5 nitrogen and oxygen atoms in total. The topological polar surface area (TPSA) is 96.0 Å². The van der Waals surface area contributed by atoms with Crippen LogP contribution in [0.2, 0.25) is 0 Å². The fraction of sp³-hybridized carbons (Fsp3) is 0.167. The molecule has 0 aliphatic rings. The van der Waals surface area contributed by atoms with Crippen molar-refractivity contribution in [2.24, 2.45) is 5.73 Å². The second-order valence-electron chi connectivity index (χ2n) is 4.58. The van der Waals surface area contributed by atoms with Crippen molar-refractivity contribution < 1.29 is 9.59 Å². The van der Waals surface area contributed by atoms with Crippen LogP contribution in [0.3, 0.4) is 0 Å². The van der Waals surface area contributed by atoms with Gasteiger partial charge in [-0.25, -0.2) is 0 Å². The van der Waals surface area contributed by atoms with Gasteiger partial charge in [0.1, 0.15) is 11.6 Å². The van der Waals surface area contributed by atoms with Crippen LogP contribution in [0.4, 0.5) is 0 Å². The summed E-state index contributed by atoms with van der Waals surface area (Å²) in [6.45, 7) is 2.30.